The minimum absolute atomic E-state index is 0.0136. The van der Waals surface area contributed by atoms with Crippen LogP contribution in [0.3, 0.4) is 0 Å². The Morgan fingerprint density at radius 2 is 2.05 bits per heavy atom. The molecular weight excluding hydrogens is 256 g/mol. The molecule has 2 atom stereocenters. The van der Waals surface area contributed by atoms with E-state index in [1.54, 1.807) is 0 Å². The molecule has 0 bridgehead atoms. The van der Waals surface area contributed by atoms with Gasteiger partial charge in [-0.1, -0.05) is 13.8 Å². The first-order valence-corrected chi connectivity index (χ1v) is 7.65. The molecule has 0 aromatic rings. The van der Waals surface area contributed by atoms with Crippen LogP contribution in [0.15, 0.2) is 0 Å². The lowest BCUT2D eigenvalue weighted by atomic mass is 9.95. The van der Waals surface area contributed by atoms with Gasteiger partial charge in [0.15, 0.2) is 0 Å². The highest BCUT2D eigenvalue weighted by atomic mass is 16.3. The number of hydrogen-bond donors (Lipinski definition) is 2. The fourth-order valence-corrected chi connectivity index (χ4v) is 2.59. The van der Waals surface area contributed by atoms with Crippen molar-refractivity contribution in [2.75, 3.05) is 19.7 Å². The highest BCUT2D eigenvalue weighted by molar-refractivity contribution is 5.82. The van der Waals surface area contributed by atoms with Crippen molar-refractivity contribution in [1.82, 2.24) is 10.2 Å². The second-order valence-electron chi connectivity index (χ2n) is 6.05. The van der Waals surface area contributed by atoms with Crippen molar-refractivity contribution < 1.29 is 14.7 Å². The fourth-order valence-electron chi connectivity index (χ4n) is 2.59. The smallest absolute Gasteiger partial charge is 0.225 e. The lowest BCUT2D eigenvalue weighted by Gasteiger charge is -2.33. The van der Waals surface area contributed by atoms with Crippen LogP contribution >= 0.6 is 0 Å². The Hall–Kier alpha value is -1.10. The number of aliphatic hydroxyl groups excluding tert-OH is 1. The molecule has 20 heavy (non-hydrogen) atoms. The van der Waals surface area contributed by atoms with Crippen LogP contribution in [0, 0.1) is 11.8 Å². The van der Waals surface area contributed by atoms with Crippen molar-refractivity contribution in [3.63, 3.8) is 0 Å². The molecule has 1 rings (SSSR count). The van der Waals surface area contributed by atoms with Gasteiger partial charge in [-0.15, -0.1) is 0 Å². The van der Waals surface area contributed by atoms with E-state index in [0.29, 0.717) is 13.0 Å². The van der Waals surface area contributed by atoms with E-state index in [9.17, 15) is 9.59 Å². The molecule has 5 nitrogen and oxygen atoms in total. The number of hydrogen-bond acceptors (Lipinski definition) is 3. The third-order valence-electron chi connectivity index (χ3n) is 3.78. The second-order valence-corrected chi connectivity index (χ2v) is 6.05. The maximum absolute atomic E-state index is 12.2. The number of carbonyl (C=O) groups is 2. The average Bonchev–Trinajstić information content (AvgIpc) is 2.44. The Morgan fingerprint density at radius 3 is 2.65 bits per heavy atom. The normalized spacial score (nSPS) is 20.9. The number of nitrogens with zero attached hydrogens (tertiary/aromatic N) is 1. The number of likely N-dealkylation sites (tertiary alicyclic amines) is 1. The van der Waals surface area contributed by atoms with Crippen molar-refractivity contribution in [1.29, 1.82) is 0 Å². The Labute approximate surface area is 121 Å². The maximum Gasteiger partial charge on any atom is 0.225 e. The minimum atomic E-state index is -0.0944. The number of rotatable bonds is 6. The van der Waals surface area contributed by atoms with Crippen molar-refractivity contribution in [3.8, 4) is 0 Å². The Kier molecular flexibility index (Phi) is 6.99. The molecule has 2 N–H and O–H groups in total. The molecule has 0 saturated carbocycles. The molecular formula is C15H28N2O3. The SMILES string of the molecule is CC(CCCO)NC(=O)C1CCCN(C(=O)C(C)C)C1. The summed E-state index contributed by atoms with van der Waals surface area (Å²) in [4.78, 5) is 26.0. The number of nitrogens with one attached hydrogen (secondary N) is 1. The lowest BCUT2D eigenvalue weighted by Crippen LogP contribution is -2.48. The van der Waals surface area contributed by atoms with E-state index in [0.717, 1.165) is 25.8 Å². The quantitative estimate of drug-likeness (QED) is 0.769. The van der Waals surface area contributed by atoms with Crippen LogP contribution in [0.4, 0.5) is 0 Å². The summed E-state index contributed by atoms with van der Waals surface area (Å²) < 4.78 is 0. The topological polar surface area (TPSA) is 69.6 Å². The van der Waals surface area contributed by atoms with Gasteiger partial charge in [0.05, 0.1) is 5.92 Å². The first-order valence-electron chi connectivity index (χ1n) is 7.65. The van der Waals surface area contributed by atoms with E-state index < -0.39 is 0 Å². The first-order chi connectivity index (χ1) is 9.45. The standard InChI is InChI=1S/C15H28N2O3/c1-11(2)15(20)17-8-4-7-13(10-17)14(19)16-12(3)6-5-9-18/h11-13,18H,4-10H2,1-3H3,(H,16,19). The van der Waals surface area contributed by atoms with Gasteiger partial charge in [0, 0.05) is 31.7 Å². The lowest BCUT2D eigenvalue weighted by molar-refractivity contribution is -0.138. The van der Waals surface area contributed by atoms with E-state index in [1.807, 2.05) is 25.7 Å². The van der Waals surface area contributed by atoms with Gasteiger partial charge < -0.3 is 15.3 Å². The monoisotopic (exact) mass is 284 g/mol. The minimum Gasteiger partial charge on any atom is -0.396 e. The van der Waals surface area contributed by atoms with Gasteiger partial charge in [0.2, 0.25) is 11.8 Å². The van der Waals surface area contributed by atoms with E-state index in [1.165, 1.54) is 0 Å². The summed E-state index contributed by atoms with van der Waals surface area (Å²) in [6, 6.07) is 0.0748. The molecule has 0 aromatic heterocycles. The summed E-state index contributed by atoms with van der Waals surface area (Å²) in [6.45, 7) is 7.19. The van der Waals surface area contributed by atoms with Crippen LogP contribution in [-0.2, 0) is 9.59 Å². The van der Waals surface area contributed by atoms with Crippen molar-refractivity contribution in [2.24, 2.45) is 11.8 Å². The van der Waals surface area contributed by atoms with Crippen molar-refractivity contribution in [2.45, 2.75) is 52.5 Å². The summed E-state index contributed by atoms with van der Waals surface area (Å²) in [7, 11) is 0. The van der Waals surface area contributed by atoms with E-state index in [-0.39, 0.29) is 36.3 Å². The highest BCUT2D eigenvalue weighted by Crippen LogP contribution is 2.18. The van der Waals surface area contributed by atoms with Gasteiger partial charge in [-0.25, -0.2) is 0 Å². The molecule has 116 valence electrons. The molecule has 1 aliphatic rings. The van der Waals surface area contributed by atoms with Gasteiger partial charge in [0.1, 0.15) is 0 Å². The molecule has 1 aliphatic heterocycles. The van der Waals surface area contributed by atoms with E-state index in [2.05, 4.69) is 5.32 Å². The molecule has 0 aromatic carbocycles. The van der Waals surface area contributed by atoms with Gasteiger partial charge in [-0.05, 0) is 32.6 Å². The summed E-state index contributed by atoms with van der Waals surface area (Å²) in [5.41, 5.74) is 0. The third kappa shape index (κ3) is 5.12. The Balaban J connectivity index is 2.46. The molecule has 1 heterocycles. The summed E-state index contributed by atoms with van der Waals surface area (Å²) in [6.07, 6.45) is 3.22. The molecule has 1 saturated heterocycles. The molecule has 0 aliphatic carbocycles. The van der Waals surface area contributed by atoms with Crippen molar-refractivity contribution in [3.05, 3.63) is 0 Å². The van der Waals surface area contributed by atoms with Crippen LogP contribution in [0.25, 0.3) is 0 Å². The van der Waals surface area contributed by atoms with Crippen LogP contribution in [-0.4, -0.2) is 47.6 Å². The zero-order chi connectivity index (χ0) is 15.1. The number of carbonyl (C=O) groups excluding carboxylic acids is 2. The number of piperidine rings is 1. The largest absolute Gasteiger partial charge is 0.396 e. The molecule has 0 radical (unpaired) electrons. The summed E-state index contributed by atoms with van der Waals surface area (Å²) in [5.74, 6) is 0.0656. The van der Waals surface area contributed by atoms with Gasteiger partial charge in [-0.2, -0.15) is 0 Å². The summed E-state index contributed by atoms with van der Waals surface area (Å²) >= 11 is 0. The fraction of sp³-hybridized carbons (Fsp3) is 0.867. The zero-order valence-electron chi connectivity index (χ0n) is 12.9. The van der Waals surface area contributed by atoms with Crippen LogP contribution in [0.2, 0.25) is 0 Å². The zero-order valence-corrected chi connectivity index (χ0v) is 12.9. The predicted octanol–water partition coefficient (Wildman–Crippen LogP) is 1.16. The highest BCUT2D eigenvalue weighted by Gasteiger charge is 2.29. The molecule has 2 unspecified atom stereocenters. The number of amides is 2. The molecule has 1 fully saturated rings. The summed E-state index contributed by atoms with van der Waals surface area (Å²) in [5, 5.41) is 11.8. The number of aliphatic hydroxyl groups is 1. The van der Waals surface area contributed by atoms with Crippen molar-refractivity contribution >= 4 is 11.8 Å². The Morgan fingerprint density at radius 1 is 1.35 bits per heavy atom. The van der Waals surface area contributed by atoms with Crippen LogP contribution < -0.4 is 5.32 Å². The first kappa shape index (κ1) is 17.0. The maximum atomic E-state index is 12.2. The van der Waals surface area contributed by atoms with Crippen LogP contribution in [0.1, 0.15) is 46.5 Å². The van der Waals surface area contributed by atoms with E-state index in [4.69, 9.17) is 5.11 Å². The third-order valence-corrected chi connectivity index (χ3v) is 3.78. The van der Waals surface area contributed by atoms with E-state index >= 15 is 0 Å². The predicted molar refractivity (Wildman–Crippen MR) is 78.1 cm³/mol. The molecule has 5 heteroatoms. The Bertz CT molecular complexity index is 331. The van der Waals surface area contributed by atoms with Gasteiger partial charge in [0.25, 0.3) is 0 Å². The van der Waals surface area contributed by atoms with Crippen LogP contribution in [0.5, 0.6) is 0 Å². The van der Waals surface area contributed by atoms with Gasteiger partial charge >= 0.3 is 0 Å². The average molecular weight is 284 g/mol. The molecule has 0 spiro atoms. The van der Waals surface area contributed by atoms with Gasteiger partial charge in [-0.3, -0.25) is 9.59 Å². The second kappa shape index (κ2) is 8.25. The molecule has 2 amide bonds.